The van der Waals surface area contributed by atoms with Crippen molar-refractivity contribution in [1.29, 1.82) is 0 Å². The molecule has 0 amide bonds. The van der Waals surface area contributed by atoms with Gasteiger partial charge in [-0.2, -0.15) is 0 Å². The Hall–Kier alpha value is 0.0569. The van der Waals surface area contributed by atoms with E-state index in [1.165, 1.54) is 19.4 Å². The molecule has 0 radical (unpaired) electrons. The maximum atomic E-state index is 5.42. The van der Waals surface area contributed by atoms with Gasteiger partial charge in [0.05, 0.1) is 27.2 Å². The number of hydrogen-bond donors (Lipinski definition) is 0. The maximum Gasteiger partial charge on any atom is 0.500 e. The molecule has 0 saturated carbocycles. The lowest BCUT2D eigenvalue weighted by Gasteiger charge is -2.31. The second-order valence-electron chi connectivity index (χ2n) is 5.14. The summed E-state index contributed by atoms with van der Waals surface area (Å²) in [6.07, 6.45) is 3.63. The molecule has 0 unspecified atom stereocenters. The van der Waals surface area contributed by atoms with E-state index in [9.17, 15) is 0 Å². The molecule has 0 aromatic carbocycles. The van der Waals surface area contributed by atoms with Crippen molar-refractivity contribution >= 4 is 8.80 Å². The molecule has 0 saturated heterocycles. The van der Waals surface area contributed by atoms with Gasteiger partial charge in [0.25, 0.3) is 0 Å². The first-order chi connectivity index (χ1) is 7.95. The zero-order valence-corrected chi connectivity index (χ0v) is 13.4. The third-order valence-electron chi connectivity index (χ3n) is 3.30. The summed E-state index contributed by atoms with van der Waals surface area (Å²) >= 11 is 0. The van der Waals surface area contributed by atoms with Crippen molar-refractivity contribution in [2.45, 2.75) is 32.2 Å². The summed E-state index contributed by atoms with van der Waals surface area (Å²) in [4.78, 5) is 0. The van der Waals surface area contributed by atoms with Crippen molar-refractivity contribution in [2.75, 3.05) is 48.5 Å². The van der Waals surface area contributed by atoms with E-state index >= 15 is 0 Å². The van der Waals surface area contributed by atoms with E-state index in [1.54, 1.807) is 21.3 Å². The molecule has 0 bridgehead atoms. The van der Waals surface area contributed by atoms with Gasteiger partial charge in [0.2, 0.25) is 0 Å². The van der Waals surface area contributed by atoms with E-state index in [-0.39, 0.29) is 0 Å². The molecule has 0 fully saturated rings. The average Bonchev–Trinajstić information content (AvgIpc) is 2.33. The van der Waals surface area contributed by atoms with Gasteiger partial charge in [-0.15, -0.1) is 0 Å². The highest BCUT2D eigenvalue weighted by molar-refractivity contribution is 6.60. The molecule has 0 rings (SSSR count). The summed E-state index contributed by atoms with van der Waals surface area (Å²) in [6, 6.07) is 0.893. The Balaban J connectivity index is 4.02. The first kappa shape index (κ1) is 17.1. The molecule has 0 aromatic rings. The smallest absolute Gasteiger partial charge is 0.377 e. The van der Waals surface area contributed by atoms with Gasteiger partial charge in [-0.3, -0.25) is 0 Å². The molecule has 104 valence electrons. The van der Waals surface area contributed by atoms with E-state index in [1.807, 2.05) is 0 Å². The van der Waals surface area contributed by atoms with Gasteiger partial charge < -0.3 is 17.8 Å². The van der Waals surface area contributed by atoms with Gasteiger partial charge in [-0.1, -0.05) is 13.3 Å². The fourth-order valence-electron chi connectivity index (χ4n) is 1.98. The minimum absolute atomic E-state index is 0.893. The lowest BCUT2D eigenvalue weighted by molar-refractivity contribution is -0.890. The number of unbranched alkanes of at least 4 members (excludes halogenated alkanes) is 1. The Morgan fingerprint density at radius 1 is 0.882 bits per heavy atom. The largest absolute Gasteiger partial charge is 0.500 e. The summed E-state index contributed by atoms with van der Waals surface area (Å²) in [5.41, 5.74) is 0. The number of hydrogen-bond acceptors (Lipinski definition) is 3. The van der Waals surface area contributed by atoms with Crippen LogP contribution in [0.15, 0.2) is 0 Å². The molecule has 17 heavy (non-hydrogen) atoms. The molecule has 5 heteroatoms. The molecule has 0 spiro atoms. The predicted molar refractivity (Wildman–Crippen MR) is 73.0 cm³/mol. The zero-order chi connectivity index (χ0) is 13.4. The summed E-state index contributed by atoms with van der Waals surface area (Å²) in [6.45, 7) is 4.61. The monoisotopic (exact) mass is 264 g/mol. The fraction of sp³-hybridized carbons (Fsp3) is 1.00. The fourth-order valence-corrected chi connectivity index (χ4v) is 3.68. The number of rotatable bonds is 10. The van der Waals surface area contributed by atoms with Crippen molar-refractivity contribution in [3.05, 3.63) is 0 Å². The molecular formula is C12H30NO3Si+. The maximum absolute atomic E-state index is 5.42. The van der Waals surface area contributed by atoms with Crippen LogP contribution in [-0.4, -0.2) is 61.8 Å². The first-order valence-corrected chi connectivity index (χ1v) is 8.36. The van der Waals surface area contributed by atoms with Gasteiger partial charge in [0.1, 0.15) is 0 Å². The van der Waals surface area contributed by atoms with Gasteiger partial charge in [0, 0.05) is 33.8 Å². The molecule has 0 N–H and O–H groups in total. The van der Waals surface area contributed by atoms with Crippen LogP contribution in [-0.2, 0) is 13.3 Å². The van der Waals surface area contributed by atoms with Gasteiger partial charge in [-0.05, 0) is 6.42 Å². The van der Waals surface area contributed by atoms with Crippen LogP contribution < -0.4 is 0 Å². The Bertz CT molecular complexity index is 188. The van der Waals surface area contributed by atoms with E-state index < -0.39 is 8.80 Å². The van der Waals surface area contributed by atoms with Crippen molar-refractivity contribution in [1.82, 2.24) is 0 Å². The van der Waals surface area contributed by atoms with Crippen molar-refractivity contribution in [3.8, 4) is 0 Å². The van der Waals surface area contributed by atoms with Crippen LogP contribution in [0.3, 0.4) is 0 Å². The van der Waals surface area contributed by atoms with Crippen LogP contribution >= 0.6 is 0 Å². The van der Waals surface area contributed by atoms with Crippen molar-refractivity contribution in [2.24, 2.45) is 0 Å². The van der Waals surface area contributed by atoms with Crippen LogP contribution in [0.25, 0.3) is 0 Å². The Morgan fingerprint density at radius 2 is 1.35 bits per heavy atom. The Morgan fingerprint density at radius 3 is 1.76 bits per heavy atom. The van der Waals surface area contributed by atoms with Crippen molar-refractivity contribution in [3.63, 3.8) is 0 Å². The van der Waals surface area contributed by atoms with Crippen LogP contribution in [0.1, 0.15) is 26.2 Å². The van der Waals surface area contributed by atoms with Crippen LogP contribution in [0.4, 0.5) is 0 Å². The Labute approximate surface area is 108 Å². The second-order valence-corrected chi connectivity index (χ2v) is 8.23. The van der Waals surface area contributed by atoms with E-state index in [0.29, 0.717) is 0 Å². The number of nitrogens with zero attached hydrogens (tertiary/aromatic N) is 1. The van der Waals surface area contributed by atoms with E-state index in [4.69, 9.17) is 13.3 Å². The highest BCUT2D eigenvalue weighted by Gasteiger charge is 2.37. The van der Waals surface area contributed by atoms with Gasteiger partial charge in [0.15, 0.2) is 0 Å². The summed E-state index contributed by atoms with van der Waals surface area (Å²) in [5.74, 6) is 0. The molecule has 0 atom stereocenters. The van der Waals surface area contributed by atoms with Gasteiger partial charge in [-0.25, -0.2) is 0 Å². The third kappa shape index (κ3) is 6.52. The number of quaternary nitrogens is 1. The minimum Gasteiger partial charge on any atom is -0.377 e. The average molecular weight is 264 g/mol. The first-order valence-electron chi connectivity index (χ1n) is 6.42. The van der Waals surface area contributed by atoms with Crippen molar-refractivity contribution < 1.29 is 17.8 Å². The molecule has 0 aliphatic carbocycles. The van der Waals surface area contributed by atoms with Crippen LogP contribution in [0.2, 0.25) is 6.04 Å². The van der Waals surface area contributed by atoms with Crippen LogP contribution in [0.5, 0.6) is 0 Å². The third-order valence-corrected chi connectivity index (χ3v) is 6.13. The van der Waals surface area contributed by atoms with E-state index in [0.717, 1.165) is 23.5 Å². The minimum atomic E-state index is -2.36. The molecular weight excluding hydrogens is 234 g/mol. The molecule has 0 heterocycles. The van der Waals surface area contributed by atoms with E-state index in [2.05, 4.69) is 21.0 Å². The van der Waals surface area contributed by atoms with Gasteiger partial charge >= 0.3 is 8.80 Å². The lowest BCUT2D eigenvalue weighted by atomic mass is 10.3. The molecule has 0 aliphatic heterocycles. The molecule has 4 nitrogen and oxygen atoms in total. The SMILES string of the molecule is CCCC[N+](C)(C)CCC[Si](OC)(OC)OC. The second kappa shape index (κ2) is 8.21. The zero-order valence-electron chi connectivity index (χ0n) is 12.4. The summed E-state index contributed by atoms with van der Waals surface area (Å²) in [5, 5.41) is 0. The molecule has 0 aromatic heterocycles. The Kier molecular flexibility index (Phi) is 8.24. The standard InChI is InChI=1S/C12H30NO3Si/c1-7-8-10-13(2,3)11-9-12-17(14-4,15-5)16-6/h7-12H2,1-6H3/q+1. The quantitative estimate of drug-likeness (QED) is 0.447. The van der Waals surface area contributed by atoms with Crippen LogP contribution in [0, 0.1) is 0 Å². The topological polar surface area (TPSA) is 27.7 Å². The highest BCUT2D eigenvalue weighted by atomic mass is 28.4. The summed E-state index contributed by atoms with van der Waals surface area (Å²) in [7, 11) is 7.24. The normalized spacial score (nSPS) is 13.1. The highest BCUT2D eigenvalue weighted by Crippen LogP contribution is 2.16. The lowest BCUT2D eigenvalue weighted by Crippen LogP contribution is -2.45. The molecule has 0 aliphatic rings. The predicted octanol–water partition coefficient (Wildman–Crippen LogP) is 2.13. The summed E-state index contributed by atoms with van der Waals surface area (Å²) < 4.78 is 17.3.